The van der Waals surface area contributed by atoms with Crippen LogP contribution in [-0.4, -0.2) is 15.1 Å². The molecule has 0 fully saturated rings. The number of hydrogen-bond donors (Lipinski definition) is 1. The van der Waals surface area contributed by atoms with E-state index in [2.05, 4.69) is 31.1 Å². The number of hydrogen-bond acceptors (Lipinski definition) is 5. The number of rotatable bonds is 3. The van der Waals surface area contributed by atoms with Crippen LogP contribution in [0, 0.1) is 0 Å². The van der Waals surface area contributed by atoms with Gasteiger partial charge >= 0.3 is 0 Å². The zero-order valence-electron chi connectivity index (χ0n) is 10.5. The number of aromatic nitrogens is 3. The maximum Gasteiger partial charge on any atom is 0.260 e. The largest absolute Gasteiger partial charge is 0.397 e. The molecule has 0 bridgehead atoms. The number of nitrogens with two attached hydrogens (primary N) is 1. The fourth-order valence-corrected chi connectivity index (χ4v) is 2.09. The molecule has 3 aromatic rings. The van der Waals surface area contributed by atoms with E-state index in [9.17, 15) is 0 Å². The molecule has 3 rings (SSSR count). The van der Waals surface area contributed by atoms with Crippen molar-refractivity contribution in [2.24, 2.45) is 0 Å². The Morgan fingerprint density at radius 1 is 1.15 bits per heavy atom. The van der Waals surface area contributed by atoms with Crippen LogP contribution in [0.4, 0.5) is 5.69 Å². The van der Waals surface area contributed by atoms with Crippen LogP contribution in [0.25, 0.3) is 11.5 Å². The van der Waals surface area contributed by atoms with Crippen molar-refractivity contribution >= 4 is 21.6 Å². The zero-order chi connectivity index (χ0) is 13.9. The van der Waals surface area contributed by atoms with Gasteiger partial charge in [0.1, 0.15) is 0 Å². The first-order valence-electron chi connectivity index (χ1n) is 5.99. The quantitative estimate of drug-likeness (QED) is 0.798. The minimum atomic E-state index is 0.414. The smallest absolute Gasteiger partial charge is 0.260 e. The first kappa shape index (κ1) is 12.8. The van der Waals surface area contributed by atoms with Gasteiger partial charge in [-0.2, -0.15) is 4.98 Å². The van der Waals surface area contributed by atoms with Crippen molar-refractivity contribution in [2.75, 3.05) is 5.73 Å². The first-order valence-corrected chi connectivity index (χ1v) is 6.78. The van der Waals surface area contributed by atoms with Gasteiger partial charge in [0.15, 0.2) is 5.82 Å². The van der Waals surface area contributed by atoms with Crippen LogP contribution in [0.5, 0.6) is 0 Å². The van der Waals surface area contributed by atoms with Crippen molar-refractivity contribution in [1.82, 2.24) is 15.1 Å². The fourth-order valence-electron chi connectivity index (χ4n) is 1.82. The van der Waals surface area contributed by atoms with Crippen molar-refractivity contribution in [3.8, 4) is 11.5 Å². The minimum Gasteiger partial charge on any atom is -0.397 e. The van der Waals surface area contributed by atoms with Gasteiger partial charge in [0, 0.05) is 17.1 Å². The van der Waals surface area contributed by atoms with Gasteiger partial charge in [-0.3, -0.25) is 4.98 Å². The van der Waals surface area contributed by atoms with Gasteiger partial charge in [-0.15, -0.1) is 0 Å². The summed E-state index contributed by atoms with van der Waals surface area (Å²) in [6.45, 7) is 0. The molecule has 5 nitrogen and oxygen atoms in total. The number of benzene rings is 1. The molecule has 0 amide bonds. The Labute approximate surface area is 124 Å². The van der Waals surface area contributed by atoms with E-state index < -0.39 is 0 Å². The van der Waals surface area contributed by atoms with E-state index in [4.69, 9.17) is 10.3 Å². The number of nitrogen functional groups attached to an aromatic ring is 1. The molecule has 0 saturated carbocycles. The molecular weight excluding hydrogens is 320 g/mol. The first-order chi connectivity index (χ1) is 9.72. The van der Waals surface area contributed by atoms with Gasteiger partial charge in [-0.25, -0.2) is 0 Å². The molecule has 0 aliphatic heterocycles. The van der Waals surface area contributed by atoms with Gasteiger partial charge in [-0.1, -0.05) is 33.2 Å². The number of halogens is 1. The SMILES string of the molecule is Nc1cnccc1-c1nc(Cc2ccc(Br)cc2)no1. The predicted molar refractivity (Wildman–Crippen MR) is 78.9 cm³/mol. The van der Waals surface area contributed by atoms with E-state index in [-0.39, 0.29) is 0 Å². The van der Waals surface area contributed by atoms with E-state index in [0.29, 0.717) is 29.4 Å². The van der Waals surface area contributed by atoms with Crippen molar-refractivity contribution in [3.63, 3.8) is 0 Å². The van der Waals surface area contributed by atoms with E-state index in [0.717, 1.165) is 10.0 Å². The molecule has 2 heterocycles. The second kappa shape index (κ2) is 5.42. The Morgan fingerprint density at radius 2 is 1.95 bits per heavy atom. The zero-order valence-corrected chi connectivity index (χ0v) is 12.0. The summed E-state index contributed by atoms with van der Waals surface area (Å²) < 4.78 is 6.29. The second-order valence-corrected chi connectivity index (χ2v) is 5.20. The average molecular weight is 331 g/mol. The maximum absolute atomic E-state index is 5.84. The van der Waals surface area contributed by atoms with E-state index in [1.807, 2.05) is 24.3 Å². The molecule has 100 valence electrons. The fraction of sp³-hybridized carbons (Fsp3) is 0.0714. The van der Waals surface area contributed by atoms with Gasteiger partial charge in [-0.05, 0) is 23.8 Å². The third-order valence-corrected chi connectivity index (χ3v) is 3.35. The number of nitrogens with zero attached hydrogens (tertiary/aromatic N) is 3. The Bertz CT molecular complexity index is 724. The van der Waals surface area contributed by atoms with Crippen molar-refractivity contribution in [1.29, 1.82) is 0 Å². The Hall–Kier alpha value is -2.21. The molecular formula is C14H11BrN4O. The summed E-state index contributed by atoms with van der Waals surface area (Å²) in [5.41, 5.74) is 8.17. The van der Waals surface area contributed by atoms with E-state index >= 15 is 0 Å². The molecule has 6 heteroatoms. The maximum atomic E-state index is 5.84. The minimum absolute atomic E-state index is 0.414. The molecule has 0 aliphatic rings. The summed E-state index contributed by atoms with van der Waals surface area (Å²) in [6, 6.07) is 9.75. The van der Waals surface area contributed by atoms with Gasteiger partial charge in [0.2, 0.25) is 0 Å². The summed E-state index contributed by atoms with van der Waals surface area (Å²) in [5, 5.41) is 3.98. The lowest BCUT2D eigenvalue weighted by atomic mass is 10.1. The third-order valence-electron chi connectivity index (χ3n) is 2.83. The van der Waals surface area contributed by atoms with Crippen LogP contribution in [0.3, 0.4) is 0 Å². The van der Waals surface area contributed by atoms with Crippen LogP contribution in [0.15, 0.2) is 51.7 Å². The van der Waals surface area contributed by atoms with Crippen molar-refractivity contribution in [3.05, 3.63) is 58.6 Å². The summed E-state index contributed by atoms with van der Waals surface area (Å²) >= 11 is 3.40. The topological polar surface area (TPSA) is 77.8 Å². The normalized spacial score (nSPS) is 10.7. The van der Waals surface area contributed by atoms with Gasteiger partial charge in [0.25, 0.3) is 5.89 Å². The third kappa shape index (κ3) is 2.70. The highest BCUT2D eigenvalue weighted by atomic mass is 79.9. The summed E-state index contributed by atoms with van der Waals surface area (Å²) in [6.07, 6.45) is 3.82. The lowest BCUT2D eigenvalue weighted by molar-refractivity contribution is 0.424. The Kier molecular flexibility index (Phi) is 3.47. The van der Waals surface area contributed by atoms with Crippen molar-refractivity contribution in [2.45, 2.75) is 6.42 Å². The standard InChI is InChI=1S/C14H11BrN4O/c15-10-3-1-9(2-4-10)7-13-18-14(20-19-13)11-5-6-17-8-12(11)16/h1-6,8H,7,16H2. The van der Waals surface area contributed by atoms with E-state index in [1.54, 1.807) is 18.5 Å². The summed E-state index contributed by atoms with van der Waals surface area (Å²) in [5.74, 6) is 1.04. The molecule has 20 heavy (non-hydrogen) atoms. The molecule has 0 aliphatic carbocycles. The van der Waals surface area contributed by atoms with Crippen LogP contribution >= 0.6 is 15.9 Å². The lowest BCUT2D eigenvalue weighted by Gasteiger charge is -1.97. The van der Waals surface area contributed by atoms with Crippen LogP contribution < -0.4 is 5.73 Å². The van der Waals surface area contributed by atoms with Crippen molar-refractivity contribution < 1.29 is 4.52 Å². The highest BCUT2D eigenvalue weighted by Gasteiger charge is 2.11. The van der Waals surface area contributed by atoms with Crippen LogP contribution in [-0.2, 0) is 6.42 Å². The Balaban J connectivity index is 1.84. The highest BCUT2D eigenvalue weighted by molar-refractivity contribution is 9.10. The number of pyridine rings is 1. The molecule has 0 unspecified atom stereocenters. The molecule has 0 spiro atoms. The van der Waals surface area contributed by atoms with E-state index in [1.165, 1.54) is 0 Å². The average Bonchev–Trinajstić information content (AvgIpc) is 2.90. The van der Waals surface area contributed by atoms with Gasteiger partial charge < -0.3 is 10.3 Å². The molecule has 2 aromatic heterocycles. The molecule has 0 saturated heterocycles. The predicted octanol–water partition coefficient (Wildman–Crippen LogP) is 3.07. The molecule has 2 N–H and O–H groups in total. The molecule has 1 aromatic carbocycles. The monoisotopic (exact) mass is 330 g/mol. The van der Waals surface area contributed by atoms with Gasteiger partial charge in [0.05, 0.1) is 17.4 Å². The lowest BCUT2D eigenvalue weighted by Crippen LogP contribution is -1.92. The Morgan fingerprint density at radius 3 is 2.70 bits per heavy atom. The molecule has 0 atom stereocenters. The van der Waals surface area contributed by atoms with Crippen LogP contribution in [0.1, 0.15) is 11.4 Å². The summed E-state index contributed by atoms with van der Waals surface area (Å²) in [7, 11) is 0. The molecule has 0 radical (unpaired) electrons. The number of anilines is 1. The van der Waals surface area contributed by atoms with Crippen LogP contribution in [0.2, 0.25) is 0 Å². The second-order valence-electron chi connectivity index (χ2n) is 4.28. The summed E-state index contributed by atoms with van der Waals surface area (Å²) in [4.78, 5) is 8.30. The highest BCUT2D eigenvalue weighted by Crippen LogP contribution is 2.23.